The van der Waals surface area contributed by atoms with Gasteiger partial charge in [-0.15, -0.1) is 0 Å². The van der Waals surface area contributed by atoms with Crippen molar-refractivity contribution in [3.05, 3.63) is 106 Å². The Bertz CT molecular complexity index is 1760. The minimum Gasteiger partial charge on any atom is -0.366 e. The minimum absolute atomic E-state index is 0.0227. The number of pyridine rings is 1. The molecule has 4 aromatic rings. The van der Waals surface area contributed by atoms with Crippen molar-refractivity contribution in [2.75, 3.05) is 0 Å². The van der Waals surface area contributed by atoms with Crippen LogP contribution in [0.5, 0.6) is 0 Å². The molecule has 2 N–H and O–H groups in total. The summed E-state index contributed by atoms with van der Waals surface area (Å²) in [6.07, 6.45) is -3.60. The predicted octanol–water partition coefficient (Wildman–Crippen LogP) is 5.98. The van der Waals surface area contributed by atoms with E-state index in [1.54, 1.807) is 12.1 Å². The van der Waals surface area contributed by atoms with Gasteiger partial charge in [-0.3, -0.25) is 24.0 Å². The summed E-state index contributed by atoms with van der Waals surface area (Å²) in [6.45, 7) is -0.593. The first kappa shape index (κ1) is 30.6. The molecule has 0 bridgehead atoms. The van der Waals surface area contributed by atoms with E-state index in [4.69, 9.17) is 5.73 Å². The zero-order chi connectivity index (χ0) is 31.8. The van der Waals surface area contributed by atoms with E-state index in [0.29, 0.717) is 23.6 Å². The van der Waals surface area contributed by atoms with E-state index in [2.05, 4.69) is 10.1 Å². The molecule has 13 heteroatoms. The molecule has 0 spiro atoms. The number of alkyl halides is 3. The second kappa shape index (κ2) is 12.1. The number of nitrogens with zero attached hydrogens (tertiary/aromatic N) is 3. The molecule has 7 nitrogen and oxygen atoms in total. The molecule has 44 heavy (non-hydrogen) atoms. The molecule has 0 saturated heterocycles. The van der Waals surface area contributed by atoms with Gasteiger partial charge in [0.1, 0.15) is 17.5 Å². The first-order valence-electron chi connectivity index (χ1n) is 13.5. The Balaban J connectivity index is 1.54. The number of carbonyl (C=O) groups excluding carboxylic acids is 3. The number of aromatic nitrogens is 3. The smallest absolute Gasteiger partial charge is 0.366 e. The number of nitrogens with two attached hydrogens (primary N) is 1. The summed E-state index contributed by atoms with van der Waals surface area (Å²) in [7, 11) is 0. The normalized spacial score (nSPS) is 13.9. The van der Waals surface area contributed by atoms with E-state index in [9.17, 15) is 40.7 Å². The standard InChI is InChI=1S/C31H24F6N4O3/c32-19-10-16(11-20(33)14-19)9-18(28-22(3-2-8-39-28)17-6-7-24(34)23(13-17)30(38)44)12-21(42)15-41-25-4-1-5-26(43)27(25)29(40-41)31(35,36)37/h2-3,6-8,10-11,13-14,18H,1,4-5,9,12,15H2,(H2,38,44)/t18-/m1/s1. The number of amides is 1. The lowest BCUT2D eigenvalue weighted by Gasteiger charge is -2.20. The molecular formula is C31H24F6N4O3. The van der Waals surface area contributed by atoms with Gasteiger partial charge >= 0.3 is 6.18 Å². The Hall–Kier alpha value is -4.81. The van der Waals surface area contributed by atoms with Crippen molar-refractivity contribution < 1.29 is 40.7 Å². The van der Waals surface area contributed by atoms with Crippen LogP contribution in [0.1, 0.15) is 68.5 Å². The third-order valence-corrected chi connectivity index (χ3v) is 7.40. The van der Waals surface area contributed by atoms with Crippen LogP contribution in [0.15, 0.2) is 54.7 Å². The lowest BCUT2D eigenvalue weighted by Crippen LogP contribution is -2.20. The fourth-order valence-electron chi connectivity index (χ4n) is 5.57. The molecule has 5 rings (SSSR count). The van der Waals surface area contributed by atoms with Crippen LogP contribution in [0.4, 0.5) is 26.3 Å². The molecular weight excluding hydrogens is 590 g/mol. The van der Waals surface area contributed by atoms with Gasteiger partial charge in [0, 0.05) is 36.6 Å². The second-order valence-electron chi connectivity index (χ2n) is 10.5. The highest BCUT2D eigenvalue weighted by Gasteiger charge is 2.42. The molecule has 0 aliphatic heterocycles. The largest absolute Gasteiger partial charge is 0.435 e. The molecule has 2 aromatic carbocycles. The third-order valence-electron chi connectivity index (χ3n) is 7.40. The number of rotatable bonds is 9. The van der Waals surface area contributed by atoms with Crippen molar-refractivity contribution in [2.45, 2.75) is 50.7 Å². The van der Waals surface area contributed by atoms with Crippen LogP contribution in [0.3, 0.4) is 0 Å². The lowest BCUT2D eigenvalue weighted by atomic mass is 9.86. The zero-order valence-electron chi connectivity index (χ0n) is 22.9. The number of hydrogen-bond acceptors (Lipinski definition) is 5. The van der Waals surface area contributed by atoms with Crippen LogP contribution >= 0.6 is 0 Å². The molecule has 2 aromatic heterocycles. The Kier molecular flexibility index (Phi) is 8.40. The van der Waals surface area contributed by atoms with Gasteiger partial charge in [-0.2, -0.15) is 18.3 Å². The SMILES string of the molecule is NC(=O)c1cc(-c2cccnc2[C@@H](CC(=O)Cn2nc(C(F)(F)F)c3c2CCCC3=O)Cc2cc(F)cc(F)c2)ccc1F. The maximum atomic E-state index is 14.2. The molecule has 2 heterocycles. The second-order valence-corrected chi connectivity index (χ2v) is 10.5. The number of hydrogen-bond donors (Lipinski definition) is 1. The minimum atomic E-state index is -4.91. The lowest BCUT2D eigenvalue weighted by molar-refractivity contribution is -0.142. The summed E-state index contributed by atoms with van der Waals surface area (Å²) in [5.74, 6) is -5.75. The number of fused-ring (bicyclic) bond motifs is 1. The monoisotopic (exact) mass is 614 g/mol. The van der Waals surface area contributed by atoms with Crippen molar-refractivity contribution in [3.63, 3.8) is 0 Å². The number of halogens is 6. The molecule has 0 radical (unpaired) electrons. The Labute approximate surface area is 246 Å². The number of Topliss-reactive ketones (excluding diaryl/α,β-unsaturated/α-hetero) is 2. The fourth-order valence-corrected chi connectivity index (χ4v) is 5.57. The summed E-state index contributed by atoms with van der Waals surface area (Å²) in [4.78, 5) is 42.0. The van der Waals surface area contributed by atoms with Crippen molar-refractivity contribution >= 4 is 17.5 Å². The van der Waals surface area contributed by atoms with Gasteiger partial charge in [0.05, 0.1) is 29.1 Å². The van der Waals surface area contributed by atoms with Gasteiger partial charge in [0.15, 0.2) is 17.3 Å². The first-order chi connectivity index (χ1) is 20.8. The predicted molar refractivity (Wildman–Crippen MR) is 145 cm³/mol. The summed E-state index contributed by atoms with van der Waals surface area (Å²) in [5.41, 5.74) is 4.18. The Morgan fingerprint density at radius 1 is 1.00 bits per heavy atom. The summed E-state index contributed by atoms with van der Waals surface area (Å²) in [5, 5.41) is 3.60. The van der Waals surface area contributed by atoms with Crippen molar-refractivity contribution in [1.82, 2.24) is 14.8 Å². The van der Waals surface area contributed by atoms with Gasteiger partial charge in [0.2, 0.25) is 0 Å². The van der Waals surface area contributed by atoms with E-state index in [0.717, 1.165) is 22.9 Å². The highest BCUT2D eigenvalue weighted by Crippen LogP contribution is 2.37. The van der Waals surface area contributed by atoms with Crippen molar-refractivity contribution in [3.8, 4) is 11.1 Å². The average Bonchev–Trinajstić information content (AvgIpc) is 3.32. The third kappa shape index (κ3) is 6.41. The summed E-state index contributed by atoms with van der Waals surface area (Å²) < 4.78 is 84.4. The van der Waals surface area contributed by atoms with Crippen molar-refractivity contribution in [1.29, 1.82) is 0 Å². The Morgan fingerprint density at radius 2 is 1.73 bits per heavy atom. The van der Waals surface area contributed by atoms with Gasteiger partial charge in [-0.25, -0.2) is 13.2 Å². The fraction of sp³-hybridized carbons (Fsp3) is 0.258. The first-order valence-corrected chi connectivity index (χ1v) is 13.5. The molecule has 1 aliphatic carbocycles. The van der Waals surface area contributed by atoms with Crippen LogP contribution < -0.4 is 5.73 Å². The molecule has 1 aliphatic rings. The number of carbonyl (C=O) groups is 3. The van der Waals surface area contributed by atoms with E-state index < -0.39 is 70.4 Å². The van der Waals surface area contributed by atoms with Gasteiger partial charge in [-0.1, -0.05) is 12.1 Å². The Morgan fingerprint density at radius 3 is 2.41 bits per heavy atom. The molecule has 0 fully saturated rings. The maximum absolute atomic E-state index is 14.2. The maximum Gasteiger partial charge on any atom is 0.435 e. The summed E-state index contributed by atoms with van der Waals surface area (Å²) >= 11 is 0. The van der Waals surface area contributed by atoms with E-state index >= 15 is 0 Å². The molecule has 1 atom stereocenters. The van der Waals surface area contributed by atoms with Crippen LogP contribution in [0.2, 0.25) is 0 Å². The molecule has 1 amide bonds. The zero-order valence-corrected chi connectivity index (χ0v) is 22.9. The number of primary amides is 1. The van der Waals surface area contributed by atoms with Crippen LogP contribution in [0.25, 0.3) is 11.1 Å². The molecule has 228 valence electrons. The van der Waals surface area contributed by atoms with Crippen LogP contribution in [-0.4, -0.2) is 32.2 Å². The summed E-state index contributed by atoms with van der Waals surface area (Å²) in [6, 6.07) is 9.61. The average molecular weight is 615 g/mol. The van der Waals surface area contributed by atoms with E-state index in [1.165, 1.54) is 18.3 Å². The van der Waals surface area contributed by atoms with Gasteiger partial charge in [-0.05, 0) is 60.7 Å². The van der Waals surface area contributed by atoms with E-state index in [-0.39, 0.29) is 42.6 Å². The van der Waals surface area contributed by atoms with Gasteiger partial charge < -0.3 is 5.73 Å². The number of benzene rings is 2. The highest BCUT2D eigenvalue weighted by atomic mass is 19.4. The van der Waals surface area contributed by atoms with Crippen LogP contribution in [-0.2, 0) is 30.4 Å². The molecule has 0 saturated carbocycles. The van der Waals surface area contributed by atoms with Crippen molar-refractivity contribution in [2.24, 2.45) is 5.73 Å². The van der Waals surface area contributed by atoms with E-state index in [1.807, 2.05) is 0 Å². The van der Waals surface area contributed by atoms with Crippen LogP contribution in [0, 0.1) is 17.5 Å². The molecule has 0 unspecified atom stereocenters. The topological polar surface area (TPSA) is 108 Å². The van der Waals surface area contributed by atoms with Gasteiger partial charge in [0.25, 0.3) is 5.91 Å². The number of ketones is 2. The highest BCUT2D eigenvalue weighted by molar-refractivity contribution is 5.99. The quantitative estimate of drug-likeness (QED) is 0.233.